The van der Waals surface area contributed by atoms with Gasteiger partial charge in [0.05, 0.1) is 18.8 Å². The third-order valence-corrected chi connectivity index (χ3v) is 6.26. The number of amides is 2. The molecule has 0 spiro atoms. The zero-order chi connectivity index (χ0) is 22.7. The van der Waals surface area contributed by atoms with Gasteiger partial charge in [0.15, 0.2) is 5.69 Å². The fourth-order valence-corrected chi connectivity index (χ4v) is 4.20. The number of nitrogens with zero attached hydrogens (tertiary/aromatic N) is 5. The minimum absolute atomic E-state index is 0.0474. The molecule has 9 nitrogen and oxygen atoms in total. The molecule has 0 radical (unpaired) electrons. The number of carbonyl (C=O) groups is 2. The van der Waals surface area contributed by atoms with Crippen molar-refractivity contribution >= 4 is 11.8 Å². The van der Waals surface area contributed by atoms with Crippen LogP contribution in [-0.4, -0.2) is 76.9 Å². The number of hydrogen-bond acceptors (Lipinski definition) is 6. The lowest BCUT2D eigenvalue weighted by Gasteiger charge is -2.31. The quantitative estimate of drug-likeness (QED) is 0.730. The van der Waals surface area contributed by atoms with E-state index < -0.39 is 0 Å². The summed E-state index contributed by atoms with van der Waals surface area (Å²) in [6, 6.07) is 8.26. The van der Waals surface area contributed by atoms with Crippen LogP contribution in [0.25, 0.3) is 0 Å². The van der Waals surface area contributed by atoms with Crippen molar-refractivity contribution in [2.24, 2.45) is 5.92 Å². The maximum atomic E-state index is 13.1. The Kier molecular flexibility index (Phi) is 6.86. The van der Waals surface area contributed by atoms with Crippen LogP contribution in [0.4, 0.5) is 0 Å². The van der Waals surface area contributed by atoms with Crippen LogP contribution < -0.4 is 5.32 Å². The van der Waals surface area contributed by atoms with E-state index in [4.69, 9.17) is 4.74 Å². The lowest BCUT2D eigenvalue weighted by molar-refractivity contribution is -0.126. The number of benzene rings is 1. The number of aromatic nitrogens is 3. The number of aryl methyl sites for hydroxylation is 1. The smallest absolute Gasteiger partial charge is 0.276 e. The highest BCUT2D eigenvalue weighted by atomic mass is 16.5. The Hall–Kier alpha value is -2.78. The van der Waals surface area contributed by atoms with Gasteiger partial charge in [-0.05, 0) is 39.4 Å². The number of piperidine rings is 1. The molecule has 2 aromatic rings. The Balaban J connectivity index is 1.33. The normalized spacial score (nSPS) is 19.1. The van der Waals surface area contributed by atoms with Gasteiger partial charge in [0.1, 0.15) is 6.10 Å². The molecule has 1 aromatic carbocycles. The van der Waals surface area contributed by atoms with E-state index in [1.165, 1.54) is 5.56 Å². The van der Waals surface area contributed by atoms with Crippen LogP contribution in [0.3, 0.4) is 0 Å². The predicted molar refractivity (Wildman–Crippen MR) is 119 cm³/mol. The maximum Gasteiger partial charge on any atom is 0.276 e. The molecule has 0 saturated carbocycles. The summed E-state index contributed by atoms with van der Waals surface area (Å²) in [5.41, 5.74) is 3.38. The molecule has 3 heterocycles. The zero-order valence-electron chi connectivity index (χ0n) is 19.1. The number of nitrogens with one attached hydrogen (secondary N) is 1. The van der Waals surface area contributed by atoms with Crippen molar-refractivity contribution in [1.82, 2.24) is 30.1 Å². The van der Waals surface area contributed by atoms with Crippen molar-refractivity contribution in [3.05, 3.63) is 46.8 Å². The van der Waals surface area contributed by atoms with Crippen molar-refractivity contribution in [2.45, 2.75) is 39.0 Å². The Morgan fingerprint density at radius 1 is 1.19 bits per heavy atom. The third-order valence-electron chi connectivity index (χ3n) is 6.26. The van der Waals surface area contributed by atoms with Gasteiger partial charge in [0.2, 0.25) is 5.91 Å². The van der Waals surface area contributed by atoms with E-state index >= 15 is 0 Å². The fourth-order valence-electron chi connectivity index (χ4n) is 4.20. The maximum absolute atomic E-state index is 13.1. The van der Waals surface area contributed by atoms with Crippen LogP contribution in [0.5, 0.6) is 0 Å². The Bertz CT molecular complexity index is 947. The minimum Gasteiger partial charge on any atom is -0.365 e. The number of likely N-dealkylation sites (tertiary alicyclic amines) is 1. The lowest BCUT2D eigenvalue weighted by Crippen LogP contribution is -2.44. The molecule has 4 rings (SSSR count). The number of rotatable bonds is 6. The zero-order valence-corrected chi connectivity index (χ0v) is 19.1. The van der Waals surface area contributed by atoms with Crippen molar-refractivity contribution in [3.8, 4) is 0 Å². The second-order valence-electron chi connectivity index (χ2n) is 8.94. The summed E-state index contributed by atoms with van der Waals surface area (Å²) in [4.78, 5) is 29.3. The standard InChI is InChI=1S/C23H32N6O3/c1-16-4-6-17(7-5-16)20-14-29-19(15-32-20)21(25-26-29)23(31)28-11-8-18(9-12-28)22(30)24-10-13-27(2)3/h4-7,18,20H,8-15H2,1-3H3,(H,24,30)/t20-/m1/s1. The second kappa shape index (κ2) is 9.79. The number of carbonyl (C=O) groups excluding carboxylic acids is 2. The van der Waals surface area contributed by atoms with E-state index in [1.54, 1.807) is 9.58 Å². The van der Waals surface area contributed by atoms with Gasteiger partial charge in [-0.15, -0.1) is 5.10 Å². The van der Waals surface area contributed by atoms with E-state index in [0.717, 1.165) is 17.8 Å². The van der Waals surface area contributed by atoms with Gasteiger partial charge in [-0.1, -0.05) is 35.0 Å². The first-order chi connectivity index (χ1) is 15.4. The van der Waals surface area contributed by atoms with E-state index in [-0.39, 0.29) is 23.8 Å². The van der Waals surface area contributed by atoms with Crippen molar-refractivity contribution in [1.29, 1.82) is 0 Å². The summed E-state index contributed by atoms with van der Waals surface area (Å²) in [6.45, 7) is 5.44. The molecular weight excluding hydrogens is 408 g/mol. The second-order valence-corrected chi connectivity index (χ2v) is 8.94. The predicted octanol–water partition coefficient (Wildman–Crippen LogP) is 1.39. The highest BCUT2D eigenvalue weighted by Crippen LogP contribution is 2.28. The highest BCUT2D eigenvalue weighted by Gasteiger charge is 2.33. The number of ether oxygens (including phenoxy) is 1. The molecule has 0 aliphatic carbocycles. The Morgan fingerprint density at radius 2 is 1.91 bits per heavy atom. The summed E-state index contributed by atoms with van der Waals surface area (Å²) < 4.78 is 7.83. The summed E-state index contributed by atoms with van der Waals surface area (Å²) in [5.74, 6) is -0.0977. The van der Waals surface area contributed by atoms with Crippen LogP contribution in [0.2, 0.25) is 0 Å². The molecule has 2 amide bonds. The lowest BCUT2D eigenvalue weighted by atomic mass is 9.95. The third kappa shape index (κ3) is 4.99. The molecule has 9 heteroatoms. The van der Waals surface area contributed by atoms with Gasteiger partial charge >= 0.3 is 0 Å². The molecule has 2 aliphatic heterocycles. The highest BCUT2D eigenvalue weighted by molar-refractivity contribution is 5.93. The summed E-state index contributed by atoms with van der Waals surface area (Å²) in [7, 11) is 3.96. The van der Waals surface area contributed by atoms with Crippen LogP contribution >= 0.6 is 0 Å². The monoisotopic (exact) mass is 440 g/mol. The van der Waals surface area contributed by atoms with Gasteiger partial charge < -0.3 is 19.9 Å². The van der Waals surface area contributed by atoms with E-state index in [9.17, 15) is 9.59 Å². The van der Waals surface area contributed by atoms with Crippen molar-refractivity contribution in [2.75, 3.05) is 40.3 Å². The van der Waals surface area contributed by atoms with Gasteiger partial charge in [-0.25, -0.2) is 4.68 Å². The molecule has 1 aromatic heterocycles. The molecule has 1 atom stereocenters. The minimum atomic E-state index is -0.130. The molecule has 1 N–H and O–H groups in total. The van der Waals surface area contributed by atoms with Crippen LogP contribution in [0.1, 0.15) is 46.3 Å². The van der Waals surface area contributed by atoms with Gasteiger partial charge in [-0.3, -0.25) is 9.59 Å². The first-order valence-corrected chi connectivity index (χ1v) is 11.2. The average Bonchev–Trinajstić information content (AvgIpc) is 3.22. The summed E-state index contributed by atoms with van der Waals surface area (Å²) in [5, 5.41) is 11.4. The topological polar surface area (TPSA) is 92.6 Å². The number of fused-ring (bicyclic) bond motifs is 1. The van der Waals surface area contributed by atoms with Crippen LogP contribution in [0.15, 0.2) is 24.3 Å². The average molecular weight is 441 g/mol. The molecule has 0 bridgehead atoms. The molecule has 1 fully saturated rings. The fraction of sp³-hybridized carbons (Fsp3) is 0.565. The van der Waals surface area contributed by atoms with Gasteiger partial charge in [0.25, 0.3) is 5.91 Å². The van der Waals surface area contributed by atoms with Gasteiger partial charge in [-0.2, -0.15) is 0 Å². The molecule has 172 valence electrons. The van der Waals surface area contributed by atoms with Crippen molar-refractivity contribution < 1.29 is 14.3 Å². The Labute approximate surface area is 188 Å². The summed E-state index contributed by atoms with van der Waals surface area (Å²) >= 11 is 0. The SMILES string of the molecule is Cc1ccc([C@H]2Cn3nnc(C(=O)N4CCC(C(=O)NCCN(C)C)CC4)c3CO2)cc1. The first-order valence-electron chi connectivity index (χ1n) is 11.2. The van der Waals surface area contributed by atoms with Crippen LogP contribution in [0, 0.1) is 12.8 Å². The largest absolute Gasteiger partial charge is 0.365 e. The van der Waals surface area contributed by atoms with E-state index in [1.807, 2.05) is 19.0 Å². The molecule has 32 heavy (non-hydrogen) atoms. The molecule has 1 saturated heterocycles. The Morgan fingerprint density at radius 3 is 2.59 bits per heavy atom. The number of hydrogen-bond donors (Lipinski definition) is 1. The molecule has 0 unspecified atom stereocenters. The first kappa shape index (κ1) is 22.4. The summed E-state index contributed by atoms with van der Waals surface area (Å²) in [6.07, 6.45) is 1.22. The molecule has 2 aliphatic rings. The van der Waals surface area contributed by atoms with E-state index in [0.29, 0.717) is 51.3 Å². The van der Waals surface area contributed by atoms with Crippen LogP contribution in [-0.2, 0) is 22.7 Å². The number of likely N-dealkylation sites (N-methyl/N-ethyl adjacent to an activating group) is 1. The molecular formula is C23H32N6O3. The van der Waals surface area contributed by atoms with E-state index in [2.05, 4.69) is 46.8 Å². The van der Waals surface area contributed by atoms with Gasteiger partial charge in [0, 0.05) is 32.1 Å². The van der Waals surface area contributed by atoms with Crippen molar-refractivity contribution in [3.63, 3.8) is 0 Å².